The Bertz CT molecular complexity index is 410. The van der Waals surface area contributed by atoms with Gasteiger partial charge in [-0.1, -0.05) is 6.92 Å². The minimum atomic E-state index is -0.643. The van der Waals surface area contributed by atoms with Crippen LogP contribution in [0.3, 0.4) is 0 Å². The monoisotopic (exact) mass is 223 g/mol. The van der Waals surface area contributed by atoms with Gasteiger partial charge in [0.2, 0.25) is 0 Å². The lowest BCUT2D eigenvalue weighted by molar-refractivity contribution is 0.219. The highest BCUT2D eigenvalue weighted by Gasteiger charge is 2.14. The second-order valence-electron chi connectivity index (χ2n) is 3.31. The third-order valence-corrected chi connectivity index (χ3v) is 2.93. The Labute approximate surface area is 92.2 Å². The average Bonchev–Trinajstić information content (AvgIpc) is 2.87. The van der Waals surface area contributed by atoms with Gasteiger partial charge in [-0.2, -0.15) is 5.10 Å². The van der Waals surface area contributed by atoms with Crippen molar-refractivity contribution in [2.24, 2.45) is 0 Å². The molecule has 4 nitrogen and oxygen atoms in total. The smallest absolute Gasteiger partial charge is 0.134 e. The molecule has 0 amide bonds. The van der Waals surface area contributed by atoms with E-state index in [0.29, 0.717) is 5.01 Å². The molecule has 80 valence electrons. The Morgan fingerprint density at radius 2 is 2.47 bits per heavy atom. The fourth-order valence-electron chi connectivity index (χ4n) is 1.38. The second-order valence-corrected chi connectivity index (χ2v) is 4.24. The zero-order chi connectivity index (χ0) is 10.7. The molecule has 1 unspecified atom stereocenters. The molecule has 2 aromatic rings. The zero-order valence-electron chi connectivity index (χ0n) is 8.50. The van der Waals surface area contributed by atoms with Gasteiger partial charge >= 0.3 is 0 Å². The molecular formula is C10H13N3OS. The van der Waals surface area contributed by atoms with E-state index in [0.717, 1.165) is 18.5 Å². The van der Waals surface area contributed by atoms with Crippen molar-refractivity contribution in [3.05, 3.63) is 34.5 Å². The number of hydrogen-bond donors (Lipinski definition) is 1. The number of thiazole rings is 1. The van der Waals surface area contributed by atoms with Gasteiger partial charge in [-0.05, 0) is 6.42 Å². The van der Waals surface area contributed by atoms with E-state index in [1.54, 1.807) is 12.4 Å². The van der Waals surface area contributed by atoms with Gasteiger partial charge in [0.1, 0.15) is 11.1 Å². The number of nitrogens with zero attached hydrogens (tertiary/aromatic N) is 3. The number of aromatic nitrogens is 3. The van der Waals surface area contributed by atoms with Gasteiger partial charge < -0.3 is 5.11 Å². The molecule has 5 heteroatoms. The van der Waals surface area contributed by atoms with Crippen molar-refractivity contribution in [1.29, 1.82) is 0 Å². The van der Waals surface area contributed by atoms with E-state index >= 15 is 0 Å². The Kier molecular flexibility index (Phi) is 3.13. The van der Waals surface area contributed by atoms with Crippen molar-refractivity contribution in [3.63, 3.8) is 0 Å². The first kappa shape index (κ1) is 10.3. The van der Waals surface area contributed by atoms with Crippen molar-refractivity contribution >= 4 is 11.3 Å². The fourth-order valence-corrected chi connectivity index (χ4v) is 2.03. The van der Waals surface area contributed by atoms with E-state index in [9.17, 15) is 5.11 Å². The van der Waals surface area contributed by atoms with Crippen LogP contribution in [0.5, 0.6) is 0 Å². The summed E-state index contributed by atoms with van der Waals surface area (Å²) in [5.74, 6) is 0. The Morgan fingerprint density at radius 3 is 3.13 bits per heavy atom. The summed E-state index contributed by atoms with van der Waals surface area (Å²) >= 11 is 1.45. The molecule has 2 rings (SSSR count). The first-order valence-corrected chi connectivity index (χ1v) is 5.79. The molecule has 0 saturated carbocycles. The molecule has 0 radical (unpaired) electrons. The largest absolute Gasteiger partial charge is 0.381 e. The average molecular weight is 223 g/mol. The molecule has 1 atom stereocenters. The minimum Gasteiger partial charge on any atom is -0.381 e. The number of aryl methyl sites for hydroxylation is 1. The van der Waals surface area contributed by atoms with Crippen LogP contribution in [-0.2, 0) is 6.54 Å². The quantitative estimate of drug-likeness (QED) is 0.860. The van der Waals surface area contributed by atoms with Gasteiger partial charge in [-0.3, -0.25) is 4.68 Å². The van der Waals surface area contributed by atoms with Crippen LogP contribution in [0.1, 0.15) is 30.0 Å². The maximum Gasteiger partial charge on any atom is 0.134 e. The van der Waals surface area contributed by atoms with Crippen LogP contribution in [0.25, 0.3) is 0 Å². The normalized spacial score (nSPS) is 12.9. The fraction of sp³-hybridized carbons (Fsp3) is 0.400. The van der Waals surface area contributed by atoms with E-state index in [1.807, 2.05) is 16.3 Å². The first-order chi connectivity index (χ1) is 7.31. The molecule has 2 heterocycles. The number of aliphatic hydroxyl groups is 1. The van der Waals surface area contributed by atoms with Crippen molar-refractivity contribution in [3.8, 4) is 0 Å². The molecule has 0 bridgehead atoms. The molecule has 2 aromatic heterocycles. The Morgan fingerprint density at radius 1 is 1.60 bits per heavy atom. The Balaban J connectivity index is 2.15. The lowest BCUT2D eigenvalue weighted by Crippen LogP contribution is -1.98. The van der Waals surface area contributed by atoms with E-state index in [4.69, 9.17) is 0 Å². The highest BCUT2D eigenvalue weighted by Crippen LogP contribution is 2.22. The van der Waals surface area contributed by atoms with E-state index in [1.165, 1.54) is 11.3 Å². The van der Waals surface area contributed by atoms with Crippen LogP contribution >= 0.6 is 11.3 Å². The lowest BCUT2D eigenvalue weighted by Gasteiger charge is -2.03. The number of rotatable bonds is 4. The molecule has 0 saturated heterocycles. The SMILES string of the molecule is CCCn1cc(C(O)c2nccs2)cn1. The predicted octanol–water partition coefficient (Wildman–Crippen LogP) is 1.83. The summed E-state index contributed by atoms with van der Waals surface area (Å²) in [4.78, 5) is 4.08. The number of aliphatic hydroxyl groups excluding tert-OH is 1. The summed E-state index contributed by atoms with van der Waals surface area (Å²) in [5.41, 5.74) is 0.804. The molecule has 0 aliphatic rings. The first-order valence-electron chi connectivity index (χ1n) is 4.91. The van der Waals surface area contributed by atoms with Gasteiger partial charge in [0.05, 0.1) is 6.20 Å². The molecule has 15 heavy (non-hydrogen) atoms. The minimum absolute atomic E-state index is 0.643. The lowest BCUT2D eigenvalue weighted by atomic mass is 10.2. The van der Waals surface area contributed by atoms with E-state index in [-0.39, 0.29) is 0 Å². The van der Waals surface area contributed by atoms with Gasteiger partial charge in [-0.15, -0.1) is 11.3 Å². The van der Waals surface area contributed by atoms with Crippen molar-refractivity contribution in [2.75, 3.05) is 0 Å². The van der Waals surface area contributed by atoms with Gasteiger partial charge in [0.25, 0.3) is 0 Å². The zero-order valence-corrected chi connectivity index (χ0v) is 9.31. The van der Waals surface area contributed by atoms with Crippen LogP contribution in [0.15, 0.2) is 24.0 Å². The van der Waals surface area contributed by atoms with Gasteiger partial charge in [-0.25, -0.2) is 4.98 Å². The standard InChI is InChI=1S/C10H13N3OS/c1-2-4-13-7-8(6-12-13)9(14)10-11-3-5-15-10/h3,5-7,9,14H,2,4H2,1H3. The molecule has 1 N–H and O–H groups in total. The summed E-state index contributed by atoms with van der Waals surface area (Å²) < 4.78 is 1.84. The second kappa shape index (κ2) is 4.55. The van der Waals surface area contributed by atoms with Crippen LogP contribution in [0, 0.1) is 0 Å². The van der Waals surface area contributed by atoms with Crippen LogP contribution in [0.2, 0.25) is 0 Å². The molecule has 0 aromatic carbocycles. The van der Waals surface area contributed by atoms with Gasteiger partial charge in [0, 0.05) is 29.9 Å². The van der Waals surface area contributed by atoms with Crippen molar-refractivity contribution in [1.82, 2.24) is 14.8 Å². The third-order valence-electron chi connectivity index (χ3n) is 2.11. The maximum absolute atomic E-state index is 9.96. The summed E-state index contributed by atoms with van der Waals surface area (Å²) in [6.45, 7) is 2.98. The molecule has 0 spiro atoms. The highest BCUT2D eigenvalue weighted by molar-refractivity contribution is 7.09. The molecular weight excluding hydrogens is 210 g/mol. The van der Waals surface area contributed by atoms with E-state index in [2.05, 4.69) is 17.0 Å². The van der Waals surface area contributed by atoms with Crippen LogP contribution in [0.4, 0.5) is 0 Å². The summed E-state index contributed by atoms with van der Waals surface area (Å²) in [6.07, 6.45) is 5.65. The molecule has 0 aliphatic heterocycles. The van der Waals surface area contributed by atoms with Crippen LogP contribution < -0.4 is 0 Å². The van der Waals surface area contributed by atoms with Gasteiger partial charge in [0.15, 0.2) is 0 Å². The van der Waals surface area contributed by atoms with Crippen LogP contribution in [-0.4, -0.2) is 19.9 Å². The van der Waals surface area contributed by atoms with E-state index < -0.39 is 6.10 Å². The molecule has 0 fully saturated rings. The molecule has 0 aliphatic carbocycles. The summed E-state index contributed by atoms with van der Waals surface area (Å²) in [7, 11) is 0. The predicted molar refractivity (Wildman–Crippen MR) is 58.7 cm³/mol. The van der Waals surface area contributed by atoms with Crippen molar-refractivity contribution < 1.29 is 5.11 Å². The number of hydrogen-bond acceptors (Lipinski definition) is 4. The topological polar surface area (TPSA) is 50.9 Å². The summed E-state index contributed by atoms with van der Waals surface area (Å²) in [6, 6.07) is 0. The summed E-state index contributed by atoms with van der Waals surface area (Å²) in [5, 5.41) is 16.7. The highest BCUT2D eigenvalue weighted by atomic mass is 32.1. The maximum atomic E-state index is 9.96. The van der Waals surface area contributed by atoms with Crippen molar-refractivity contribution in [2.45, 2.75) is 26.0 Å². The Hall–Kier alpha value is -1.20. The third kappa shape index (κ3) is 2.24.